The van der Waals surface area contributed by atoms with Crippen molar-refractivity contribution in [1.29, 1.82) is 0 Å². The van der Waals surface area contributed by atoms with E-state index in [1.165, 1.54) is 48.6 Å². The van der Waals surface area contributed by atoms with Crippen LogP contribution >= 0.6 is 0 Å². The number of phenols is 4. The monoisotopic (exact) mass is 460 g/mol. The first kappa shape index (κ1) is 23.9. The molecule has 0 saturated heterocycles. The fraction of sp³-hybridized carbons (Fsp3) is 0.0769. The molecule has 0 bridgehead atoms. The molecule has 34 heavy (non-hydrogen) atoms. The average molecular weight is 460 g/mol. The van der Waals surface area contributed by atoms with Gasteiger partial charge in [0.05, 0.1) is 0 Å². The Kier molecular flexibility index (Phi) is 7.91. The molecule has 8 heteroatoms. The van der Waals surface area contributed by atoms with Crippen molar-refractivity contribution in [2.75, 3.05) is 0 Å². The lowest BCUT2D eigenvalue weighted by molar-refractivity contribution is -0.117. The van der Waals surface area contributed by atoms with E-state index in [-0.39, 0.29) is 47.9 Å². The number of aromatic hydroxyl groups is 4. The predicted octanol–water partition coefficient (Wildman–Crippen LogP) is 3.17. The molecule has 0 aromatic heterocycles. The Balaban J connectivity index is 1.48. The number of amides is 2. The summed E-state index contributed by atoms with van der Waals surface area (Å²) >= 11 is 0. The van der Waals surface area contributed by atoms with Gasteiger partial charge >= 0.3 is 0 Å². The second kappa shape index (κ2) is 11.2. The molecule has 0 fully saturated rings. The Morgan fingerprint density at radius 2 is 1.06 bits per heavy atom. The minimum atomic E-state index is -0.323. The van der Waals surface area contributed by atoms with E-state index in [0.717, 1.165) is 11.1 Å². The van der Waals surface area contributed by atoms with E-state index < -0.39 is 0 Å². The first-order chi connectivity index (χ1) is 16.3. The van der Waals surface area contributed by atoms with E-state index >= 15 is 0 Å². The first-order valence-electron chi connectivity index (χ1n) is 10.3. The van der Waals surface area contributed by atoms with Crippen molar-refractivity contribution < 1.29 is 30.0 Å². The van der Waals surface area contributed by atoms with Crippen molar-refractivity contribution in [3.05, 3.63) is 95.1 Å². The Labute approximate surface area is 196 Å². The fourth-order valence-electron chi connectivity index (χ4n) is 2.98. The number of phenolic OH excluding ortho intramolecular Hbond substituents is 4. The van der Waals surface area contributed by atoms with Crippen LogP contribution in [-0.2, 0) is 22.7 Å². The lowest BCUT2D eigenvalue weighted by Crippen LogP contribution is -2.21. The molecule has 174 valence electrons. The quantitative estimate of drug-likeness (QED) is 0.225. The Bertz CT molecular complexity index is 1160. The summed E-state index contributed by atoms with van der Waals surface area (Å²) in [5.74, 6) is -1.63. The van der Waals surface area contributed by atoms with Crippen molar-refractivity contribution >= 4 is 24.0 Å². The maximum atomic E-state index is 12.1. The van der Waals surface area contributed by atoms with Gasteiger partial charge in [-0.05, 0) is 58.7 Å². The Morgan fingerprint density at radius 1 is 0.618 bits per heavy atom. The van der Waals surface area contributed by atoms with Gasteiger partial charge in [-0.3, -0.25) is 9.59 Å². The largest absolute Gasteiger partial charge is 0.504 e. The highest BCUT2D eigenvalue weighted by atomic mass is 16.3. The Morgan fingerprint density at radius 3 is 1.47 bits per heavy atom. The fourth-order valence-corrected chi connectivity index (χ4v) is 2.98. The van der Waals surface area contributed by atoms with Crippen LogP contribution in [0, 0.1) is 0 Å². The van der Waals surface area contributed by atoms with E-state index in [9.17, 15) is 30.0 Å². The molecular formula is C26H24N2O6. The molecule has 2 amide bonds. The van der Waals surface area contributed by atoms with E-state index in [2.05, 4.69) is 10.6 Å². The van der Waals surface area contributed by atoms with Gasteiger partial charge in [0.25, 0.3) is 0 Å². The summed E-state index contributed by atoms with van der Waals surface area (Å²) in [5, 5.41) is 43.1. The zero-order valence-electron chi connectivity index (χ0n) is 18.1. The molecular weight excluding hydrogens is 436 g/mol. The van der Waals surface area contributed by atoms with Crippen LogP contribution in [0.25, 0.3) is 12.2 Å². The number of carbonyl (C=O) groups excluding carboxylic acids is 2. The standard InChI is InChI=1S/C26H24N2O6/c29-21-8-4-17(13-23(21)31)6-10-25(33)27-15-19-2-1-3-20(12-19)16-28-26(34)11-7-18-5-9-22(30)24(32)14-18/h1-14,29-32H,15-16H2,(H,27,33)(H,28,34)/b10-6+,11-7+. The minimum Gasteiger partial charge on any atom is -0.504 e. The number of nitrogens with one attached hydrogen (secondary N) is 2. The summed E-state index contributed by atoms with van der Waals surface area (Å²) in [6, 6.07) is 15.9. The van der Waals surface area contributed by atoms with Gasteiger partial charge in [-0.15, -0.1) is 0 Å². The zero-order valence-corrected chi connectivity index (χ0v) is 18.1. The third-order valence-electron chi connectivity index (χ3n) is 4.78. The van der Waals surface area contributed by atoms with Crippen molar-refractivity contribution in [1.82, 2.24) is 10.6 Å². The van der Waals surface area contributed by atoms with Crippen LogP contribution in [0.3, 0.4) is 0 Å². The lowest BCUT2D eigenvalue weighted by atomic mass is 10.1. The van der Waals surface area contributed by atoms with Gasteiger partial charge in [0.2, 0.25) is 11.8 Å². The summed E-state index contributed by atoms with van der Waals surface area (Å²) in [4.78, 5) is 24.1. The molecule has 0 heterocycles. The maximum Gasteiger partial charge on any atom is 0.244 e. The van der Waals surface area contributed by atoms with Gasteiger partial charge in [-0.2, -0.15) is 0 Å². The number of carbonyl (C=O) groups is 2. The topological polar surface area (TPSA) is 139 Å². The molecule has 0 radical (unpaired) electrons. The van der Waals surface area contributed by atoms with Crippen molar-refractivity contribution in [3.63, 3.8) is 0 Å². The molecule has 3 rings (SSSR count). The summed E-state index contributed by atoms with van der Waals surface area (Å²) in [7, 11) is 0. The molecule has 6 N–H and O–H groups in total. The molecule has 0 aliphatic heterocycles. The molecule has 0 aliphatic rings. The van der Waals surface area contributed by atoms with Gasteiger partial charge in [0.15, 0.2) is 23.0 Å². The van der Waals surface area contributed by atoms with Crippen LogP contribution in [-0.4, -0.2) is 32.2 Å². The van der Waals surface area contributed by atoms with Crippen molar-refractivity contribution in [3.8, 4) is 23.0 Å². The number of hydrogen-bond acceptors (Lipinski definition) is 6. The van der Waals surface area contributed by atoms with Gasteiger partial charge in [0, 0.05) is 25.2 Å². The van der Waals surface area contributed by atoms with Crippen LogP contribution in [0.15, 0.2) is 72.8 Å². The molecule has 8 nitrogen and oxygen atoms in total. The smallest absolute Gasteiger partial charge is 0.244 e. The molecule has 0 atom stereocenters. The summed E-state index contributed by atoms with van der Waals surface area (Å²) < 4.78 is 0. The van der Waals surface area contributed by atoms with E-state index in [0.29, 0.717) is 11.1 Å². The molecule has 3 aromatic carbocycles. The van der Waals surface area contributed by atoms with Crippen LogP contribution in [0.2, 0.25) is 0 Å². The van der Waals surface area contributed by atoms with Crippen molar-refractivity contribution in [2.45, 2.75) is 13.1 Å². The van der Waals surface area contributed by atoms with Crippen LogP contribution in [0.4, 0.5) is 0 Å². The van der Waals surface area contributed by atoms with Gasteiger partial charge in [-0.1, -0.05) is 36.4 Å². The first-order valence-corrected chi connectivity index (χ1v) is 10.3. The van der Waals surface area contributed by atoms with E-state index in [1.54, 1.807) is 12.1 Å². The van der Waals surface area contributed by atoms with Gasteiger partial charge in [0.1, 0.15) is 0 Å². The molecule has 0 saturated carbocycles. The summed E-state index contributed by atoms with van der Waals surface area (Å²) in [6.45, 7) is 0.575. The summed E-state index contributed by atoms with van der Waals surface area (Å²) in [5.41, 5.74) is 2.84. The SMILES string of the molecule is O=C(/C=C/c1ccc(O)c(O)c1)NCc1cccc(CNC(=O)/C=C/c2ccc(O)c(O)c2)c1. The summed E-state index contributed by atoms with van der Waals surface area (Å²) in [6.07, 6.45) is 5.70. The van der Waals surface area contributed by atoms with Crippen LogP contribution in [0.5, 0.6) is 23.0 Å². The van der Waals surface area contributed by atoms with Gasteiger partial charge < -0.3 is 31.1 Å². The zero-order chi connectivity index (χ0) is 24.5. The maximum absolute atomic E-state index is 12.1. The highest BCUT2D eigenvalue weighted by molar-refractivity contribution is 5.92. The number of rotatable bonds is 8. The van der Waals surface area contributed by atoms with Crippen LogP contribution < -0.4 is 10.6 Å². The minimum absolute atomic E-state index is 0.230. The highest BCUT2D eigenvalue weighted by Crippen LogP contribution is 2.26. The number of benzene rings is 3. The van der Waals surface area contributed by atoms with E-state index in [1.807, 2.05) is 24.3 Å². The Hall–Kier alpha value is -4.72. The van der Waals surface area contributed by atoms with Crippen molar-refractivity contribution in [2.24, 2.45) is 0 Å². The molecule has 0 unspecified atom stereocenters. The second-order valence-electron chi connectivity index (χ2n) is 7.42. The molecule has 0 spiro atoms. The molecule has 3 aromatic rings. The third-order valence-corrected chi connectivity index (χ3v) is 4.78. The highest BCUT2D eigenvalue weighted by Gasteiger charge is 2.03. The van der Waals surface area contributed by atoms with E-state index in [4.69, 9.17) is 0 Å². The second-order valence-corrected chi connectivity index (χ2v) is 7.42. The number of hydrogen-bond donors (Lipinski definition) is 6. The van der Waals surface area contributed by atoms with Crippen LogP contribution in [0.1, 0.15) is 22.3 Å². The average Bonchev–Trinajstić information content (AvgIpc) is 2.83. The third kappa shape index (κ3) is 7.16. The molecule has 0 aliphatic carbocycles. The normalized spacial score (nSPS) is 11.1. The lowest BCUT2D eigenvalue weighted by Gasteiger charge is -2.07. The predicted molar refractivity (Wildman–Crippen MR) is 128 cm³/mol. The van der Waals surface area contributed by atoms with Gasteiger partial charge in [-0.25, -0.2) is 0 Å².